The molecule has 0 spiro atoms. The summed E-state index contributed by atoms with van der Waals surface area (Å²) in [7, 11) is 0. The number of amides is 1. The molecule has 1 aliphatic heterocycles. The van der Waals surface area contributed by atoms with Gasteiger partial charge in [-0.1, -0.05) is 25.1 Å². The van der Waals surface area contributed by atoms with E-state index < -0.39 is 6.10 Å². The lowest BCUT2D eigenvalue weighted by molar-refractivity contribution is -0.126. The van der Waals surface area contributed by atoms with Crippen LogP contribution in [0.25, 0.3) is 0 Å². The van der Waals surface area contributed by atoms with E-state index in [1.54, 1.807) is 35.2 Å². The molecule has 5 heteroatoms. The molecule has 4 nitrogen and oxygen atoms in total. The average molecular weight is 300 g/mol. The van der Waals surface area contributed by atoms with Gasteiger partial charge in [-0.2, -0.15) is 0 Å². The van der Waals surface area contributed by atoms with Gasteiger partial charge in [-0.15, -0.1) is 0 Å². The Morgan fingerprint density at radius 2 is 2.05 bits per heavy atom. The lowest BCUT2D eigenvalue weighted by Crippen LogP contribution is -2.45. The average Bonchev–Trinajstić information content (AvgIpc) is 2.50. The molecule has 1 unspecified atom stereocenters. The van der Waals surface area contributed by atoms with Gasteiger partial charge >= 0.3 is 0 Å². The predicted octanol–water partition coefficient (Wildman–Crippen LogP) is 3.11. The fourth-order valence-electron chi connectivity index (χ4n) is 2.64. The molecule has 1 heterocycles. The van der Waals surface area contributed by atoms with Crippen molar-refractivity contribution in [2.75, 3.05) is 10.6 Å². The van der Waals surface area contributed by atoms with Crippen LogP contribution in [0.3, 0.4) is 0 Å². The number of nitrogens with zero attached hydrogens (tertiary/aromatic N) is 1. The van der Waals surface area contributed by atoms with E-state index >= 15 is 0 Å². The van der Waals surface area contributed by atoms with E-state index in [1.807, 2.05) is 6.92 Å². The largest absolute Gasteiger partial charge is 0.478 e. The monoisotopic (exact) mass is 300 g/mol. The van der Waals surface area contributed by atoms with Crippen LogP contribution in [0.1, 0.15) is 18.9 Å². The predicted molar refractivity (Wildman–Crippen MR) is 83.2 cm³/mol. The first-order chi connectivity index (χ1) is 10.6. The van der Waals surface area contributed by atoms with Crippen molar-refractivity contribution in [3.63, 3.8) is 0 Å². The molecule has 0 aromatic heterocycles. The molecule has 114 valence electrons. The first-order valence-electron chi connectivity index (χ1n) is 7.21. The highest BCUT2D eigenvalue weighted by Crippen LogP contribution is 2.40. The number of hydrogen-bond acceptors (Lipinski definition) is 3. The van der Waals surface area contributed by atoms with E-state index in [-0.39, 0.29) is 18.3 Å². The van der Waals surface area contributed by atoms with E-state index in [1.165, 1.54) is 12.1 Å². The van der Waals surface area contributed by atoms with Gasteiger partial charge in [-0.05, 0) is 36.2 Å². The molecule has 0 saturated carbocycles. The molecule has 1 amide bonds. The number of nitrogen functional groups attached to an aromatic ring is 1. The van der Waals surface area contributed by atoms with Gasteiger partial charge in [-0.3, -0.25) is 9.69 Å². The van der Waals surface area contributed by atoms with Crippen LogP contribution in [0.15, 0.2) is 42.5 Å². The SMILES string of the molecule is CCC1Oc2cccc(N)c2N(Cc2cccc(F)c2)C1=O. The highest BCUT2D eigenvalue weighted by Gasteiger charge is 2.34. The summed E-state index contributed by atoms with van der Waals surface area (Å²) in [5.41, 5.74) is 7.75. The van der Waals surface area contributed by atoms with Crippen LogP contribution >= 0.6 is 0 Å². The zero-order chi connectivity index (χ0) is 15.7. The quantitative estimate of drug-likeness (QED) is 0.886. The number of nitrogens with two attached hydrogens (primary N) is 1. The maximum Gasteiger partial charge on any atom is 0.268 e. The molecule has 0 saturated heterocycles. The normalized spacial score (nSPS) is 17.1. The Hall–Kier alpha value is -2.56. The van der Waals surface area contributed by atoms with Crippen molar-refractivity contribution < 1.29 is 13.9 Å². The number of halogens is 1. The van der Waals surface area contributed by atoms with Crippen molar-refractivity contribution >= 4 is 17.3 Å². The number of fused-ring (bicyclic) bond motifs is 1. The van der Waals surface area contributed by atoms with Crippen molar-refractivity contribution in [2.24, 2.45) is 0 Å². The topological polar surface area (TPSA) is 55.6 Å². The number of anilines is 2. The molecular weight excluding hydrogens is 283 g/mol. The van der Waals surface area contributed by atoms with Gasteiger partial charge in [0.05, 0.1) is 12.2 Å². The summed E-state index contributed by atoms with van der Waals surface area (Å²) < 4.78 is 19.1. The first-order valence-corrected chi connectivity index (χ1v) is 7.21. The Morgan fingerprint density at radius 1 is 1.27 bits per heavy atom. The molecule has 3 rings (SSSR count). The van der Waals surface area contributed by atoms with Gasteiger partial charge in [0.1, 0.15) is 17.3 Å². The van der Waals surface area contributed by atoms with Crippen LogP contribution in [0.2, 0.25) is 0 Å². The molecule has 2 aromatic carbocycles. The van der Waals surface area contributed by atoms with E-state index in [9.17, 15) is 9.18 Å². The second kappa shape index (κ2) is 5.67. The first kappa shape index (κ1) is 14.4. The van der Waals surface area contributed by atoms with E-state index in [4.69, 9.17) is 10.5 Å². The van der Waals surface area contributed by atoms with E-state index in [0.29, 0.717) is 29.1 Å². The Kier molecular flexibility index (Phi) is 3.71. The zero-order valence-corrected chi connectivity index (χ0v) is 12.3. The van der Waals surface area contributed by atoms with E-state index in [0.717, 1.165) is 0 Å². The molecule has 2 aromatic rings. The third-order valence-corrected chi connectivity index (χ3v) is 3.71. The molecule has 1 atom stereocenters. The maximum atomic E-state index is 13.4. The summed E-state index contributed by atoms with van der Waals surface area (Å²) >= 11 is 0. The minimum absolute atomic E-state index is 0.155. The van der Waals surface area contributed by atoms with Crippen molar-refractivity contribution in [3.05, 3.63) is 53.8 Å². The zero-order valence-electron chi connectivity index (χ0n) is 12.3. The molecule has 0 fully saturated rings. The van der Waals surface area contributed by atoms with Crippen molar-refractivity contribution in [2.45, 2.75) is 26.0 Å². The summed E-state index contributed by atoms with van der Waals surface area (Å²) in [6.45, 7) is 2.15. The summed E-state index contributed by atoms with van der Waals surface area (Å²) in [5.74, 6) is 0.103. The van der Waals surface area contributed by atoms with Crippen molar-refractivity contribution in [3.8, 4) is 5.75 Å². The Labute approximate surface area is 128 Å². The fraction of sp³-hybridized carbons (Fsp3) is 0.235. The summed E-state index contributed by atoms with van der Waals surface area (Å²) in [6, 6.07) is 11.5. The Bertz CT molecular complexity index is 718. The molecule has 0 bridgehead atoms. The highest BCUT2D eigenvalue weighted by atomic mass is 19.1. The number of hydrogen-bond donors (Lipinski definition) is 1. The second-order valence-electron chi connectivity index (χ2n) is 5.26. The molecule has 0 radical (unpaired) electrons. The van der Waals surface area contributed by atoms with Crippen LogP contribution in [0.4, 0.5) is 15.8 Å². The van der Waals surface area contributed by atoms with Gasteiger partial charge in [0, 0.05) is 0 Å². The maximum absolute atomic E-state index is 13.4. The molecule has 0 aliphatic carbocycles. The van der Waals surface area contributed by atoms with Crippen LogP contribution in [0.5, 0.6) is 5.75 Å². The van der Waals surface area contributed by atoms with Crippen LogP contribution < -0.4 is 15.4 Å². The van der Waals surface area contributed by atoms with Gasteiger partial charge in [0.25, 0.3) is 5.91 Å². The standard InChI is InChI=1S/C17H17FN2O2/c1-2-14-17(21)20(10-11-5-3-6-12(18)9-11)16-13(19)7-4-8-15(16)22-14/h3-9,14H,2,10,19H2,1H3. The third-order valence-electron chi connectivity index (χ3n) is 3.71. The van der Waals surface area contributed by atoms with Crippen LogP contribution in [-0.4, -0.2) is 12.0 Å². The number of carbonyl (C=O) groups excluding carboxylic acids is 1. The fourth-order valence-corrected chi connectivity index (χ4v) is 2.64. The second-order valence-corrected chi connectivity index (χ2v) is 5.26. The number of rotatable bonds is 3. The van der Waals surface area contributed by atoms with Gasteiger partial charge in [0.15, 0.2) is 6.10 Å². The van der Waals surface area contributed by atoms with Crippen LogP contribution in [-0.2, 0) is 11.3 Å². The van der Waals surface area contributed by atoms with Crippen LogP contribution in [0, 0.1) is 5.82 Å². The van der Waals surface area contributed by atoms with Crippen molar-refractivity contribution in [1.82, 2.24) is 0 Å². The molecular formula is C17H17FN2O2. The molecule has 22 heavy (non-hydrogen) atoms. The Morgan fingerprint density at radius 3 is 2.77 bits per heavy atom. The van der Waals surface area contributed by atoms with Gasteiger partial charge < -0.3 is 10.5 Å². The van der Waals surface area contributed by atoms with Gasteiger partial charge in [-0.25, -0.2) is 4.39 Å². The summed E-state index contributed by atoms with van der Waals surface area (Å²) in [6.07, 6.45) is 0.0232. The number of ether oxygens (including phenoxy) is 1. The number of para-hydroxylation sites is 1. The lowest BCUT2D eigenvalue weighted by atomic mass is 10.1. The highest BCUT2D eigenvalue weighted by molar-refractivity contribution is 6.02. The summed E-state index contributed by atoms with van der Waals surface area (Å²) in [4.78, 5) is 14.2. The number of carbonyl (C=O) groups is 1. The minimum Gasteiger partial charge on any atom is -0.478 e. The molecule has 1 aliphatic rings. The smallest absolute Gasteiger partial charge is 0.268 e. The lowest BCUT2D eigenvalue weighted by Gasteiger charge is -2.35. The summed E-state index contributed by atoms with van der Waals surface area (Å²) in [5, 5.41) is 0. The Balaban J connectivity index is 2.03. The molecule has 2 N–H and O–H groups in total. The van der Waals surface area contributed by atoms with Gasteiger partial charge in [0.2, 0.25) is 0 Å². The third kappa shape index (κ3) is 2.50. The minimum atomic E-state index is -0.539. The van der Waals surface area contributed by atoms with Crippen molar-refractivity contribution in [1.29, 1.82) is 0 Å². The van der Waals surface area contributed by atoms with E-state index in [2.05, 4.69) is 0 Å². The number of benzene rings is 2.